The van der Waals surface area contributed by atoms with E-state index in [1.165, 1.54) is 5.69 Å². The lowest BCUT2D eigenvalue weighted by Crippen LogP contribution is -2.49. The largest absolute Gasteiger partial charge is 0.453 e. The SMILES string of the molecule is CC(=O)NCC1C2CCc3nnn(CCOCCOCCOCc4cnc(SC[Si](C)(C)O[Si](C)(C)COCCn5ccc(-c6cnc7nnn(Cc8ccc9ncccc9c8)c7n6)c5)nc4)c3CCC21. The van der Waals surface area contributed by atoms with Crippen molar-refractivity contribution in [2.24, 2.45) is 17.8 Å². The molecule has 19 nitrogen and oxygen atoms in total. The number of nitrogens with one attached hydrogen (secondary N) is 1. The lowest BCUT2D eigenvalue weighted by molar-refractivity contribution is -0.119. The Balaban J connectivity index is 0.614. The number of nitrogens with zero attached hydrogens (tertiary/aromatic N) is 12. The molecule has 1 saturated carbocycles. The maximum absolute atomic E-state index is 11.4. The van der Waals surface area contributed by atoms with Crippen LogP contribution in [0.15, 0.2) is 78.7 Å². The Labute approximate surface area is 420 Å². The molecule has 2 aliphatic carbocycles. The lowest BCUT2D eigenvalue weighted by atomic mass is 10.0. The second-order valence-electron chi connectivity index (χ2n) is 19.6. The van der Waals surface area contributed by atoms with Crippen molar-refractivity contribution in [2.45, 2.75) is 90.2 Å². The number of hydrogen-bond acceptors (Lipinski definition) is 16. The smallest absolute Gasteiger partial charge is 0.221 e. The predicted octanol–water partition coefficient (Wildman–Crippen LogP) is 6.11. The summed E-state index contributed by atoms with van der Waals surface area (Å²) in [6.45, 7) is 16.7. The van der Waals surface area contributed by atoms with E-state index < -0.39 is 16.6 Å². The zero-order valence-electron chi connectivity index (χ0n) is 41.4. The van der Waals surface area contributed by atoms with Gasteiger partial charge in [0, 0.05) is 72.9 Å². The van der Waals surface area contributed by atoms with Gasteiger partial charge in [0.1, 0.15) is 0 Å². The third-order valence-electron chi connectivity index (χ3n) is 12.9. The summed E-state index contributed by atoms with van der Waals surface area (Å²) in [5.41, 5.74) is 8.18. The standard InChI is InChI=1S/C49H65N13O6SSi2/c1-35(63)51-28-42-40-9-12-44-46(13-10-41(40)42)61(58-56-44)18-20-64-21-22-65-23-24-66-32-37-26-53-49(54-27-37)69-34-71(4,5)68-70(2,3)33-67-19-17-60-16-14-39(31-60)45-29-52-47-48(55-45)62(59-57-47)30-36-8-11-43-38(25-36)7-6-15-50-43/h6-8,11,14-16,25-27,29,31,40-42H,9-10,12-13,17-24,28,30,32-34H2,1-5H3,(H,51,63). The molecule has 9 rings (SSSR count). The van der Waals surface area contributed by atoms with Gasteiger partial charge in [-0.15, -0.1) is 10.2 Å². The van der Waals surface area contributed by atoms with E-state index in [-0.39, 0.29) is 5.91 Å². The highest BCUT2D eigenvalue weighted by Gasteiger charge is 2.49. The van der Waals surface area contributed by atoms with E-state index in [2.05, 4.69) is 101 Å². The van der Waals surface area contributed by atoms with Crippen molar-refractivity contribution >= 4 is 56.5 Å². The number of hydrogen-bond donors (Lipinski definition) is 1. The molecule has 0 spiro atoms. The third-order valence-corrected chi connectivity index (χ3v) is 22.0. The summed E-state index contributed by atoms with van der Waals surface area (Å²) in [5.74, 6) is 2.04. The van der Waals surface area contributed by atoms with Gasteiger partial charge < -0.3 is 32.9 Å². The fourth-order valence-electron chi connectivity index (χ4n) is 9.50. The molecule has 376 valence electrons. The van der Waals surface area contributed by atoms with Gasteiger partial charge in [0.15, 0.2) is 27.4 Å². The zero-order valence-corrected chi connectivity index (χ0v) is 44.2. The van der Waals surface area contributed by atoms with Crippen molar-refractivity contribution in [3.8, 4) is 11.3 Å². The van der Waals surface area contributed by atoms with Gasteiger partial charge in [0.05, 0.1) is 94.4 Å². The van der Waals surface area contributed by atoms with E-state index in [1.54, 1.807) is 35.8 Å². The average Bonchev–Trinajstić information content (AvgIpc) is 3.70. The van der Waals surface area contributed by atoms with Crippen molar-refractivity contribution in [1.82, 2.24) is 64.8 Å². The highest BCUT2D eigenvalue weighted by Crippen LogP contribution is 2.52. The van der Waals surface area contributed by atoms with Crippen molar-refractivity contribution in [2.75, 3.05) is 57.8 Å². The highest BCUT2D eigenvalue weighted by atomic mass is 32.2. The zero-order chi connectivity index (χ0) is 49.2. The van der Waals surface area contributed by atoms with E-state index in [0.717, 1.165) is 81.7 Å². The van der Waals surface area contributed by atoms with Gasteiger partial charge in [-0.2, -0.15) is 0 Å². The first kappa shape index (κ1) is 50.6. The second kappa shape index (κ2) is 23.5. The van der Waals surface area contributed by atoms with Crippen LogP contribution in [0.3, 0.4) is 0 Å². The van der Waals surface area contributed by atoms with Crippen molar-refractivity contribution in [1.29, 1.82) is 0 Å². The van der Waals surface area contributed by atoms with Crippen LogP contribution >= 0.6 is 11.8 Å². The van der Waals surface area contributed by atoms with Crippen LogP contribution in [0.25, 0.3) is 33.5 Å². The number of amides is 1. The molecular formula is C49H65N13O6SSi2. The molecule has 22 heteroatoms. The van der Waals surface area contributed by atoms with Crippen LogP contribution in [0.2, 0.25) is 26.2 Å². The molecule has 7 aromatic rings. The quantitative estimate of drug-likeness (QED) is 0.0281. The van der Waals surface area contributed by atoms with Crippen LogP contribution in [0, 0.1) is 17.8 Å². The summed E-state index contributed by atoms with van der Waals surface area (Å²) < 4.78 is 36.4. The average molecular weight is 1020 g/mol. The van der Waals surface area contributed by atoms with Gasteiger partial charge in [0.25, 0.3) is 0 Å². The maximum atomic E-state index is 11.4. The normalized spacial score (nSPS) is 17.0. The monoisotopic (exact) mass is 1020 g/mol. The first-order chi connectivity index (χ1) is 34.4. The minimum absolute atomic E-state index is 0.0530. The summed E-state index contributed by atoms with van der Waals surface area (Å²) in [7, 11) is -4.15. The first-order valence-corrected chi connectivity index (χ1v) is 31.8. The van der Waals surface area contributed by atoms with Gasteiger partial charge in [-0.1, -0.05) is 34.3 Å². The molecule has 0 saturated heterocycles. The Bertz CT molecular complexity index is 2860. The molecule has 0 aliphatic heterocycles. The second-order valence-corrected chi connectivity index (χ2v) is 29.6. The van der Waals surface area contributed by atoms with Crippen molar-refractivity contribution < 1.29 is 27.9 Å². The van der Waals surface area contributed by atoms with Gasteiger partial charge in [-0.05, 0) is 99.5 Å². The number of aryl methyl sites for hydroxylation is 1. The Kier molecular flexibility index (Phi) is 16.7. The molecule has 71 heavy (non-hydrogen) atoms. The van der Waals surface area contributed by atoms with E-state index >= 15 is 0 Å². The van der Waals surface area contributed by atoms with Crippen LogP contribution in [0.5, 0.6) is 0 Å². The number of thioether (sulfide) groups is 1. The van der Waals surface area contributed by atoms with Gasteiger partial charge >= 0.3 is 0 Å². The summed E-state index contributed by atoms with van der Waals surface area (Å²) in [4.78, 5) is 34.4. The summed E-state index contributed by atoms with van der Waals surface area (Å²) in [5, 5.41) is 23.2. The third kappa shape index (κ3) is 14.0. The van der Waals surface area contributed by atoms with Gasteiger partial charge in [-0.3, -0.25) is 9.78 Å². The molecule has 6 heterocycles. The summed E-state index contributed by atoms with van der Waals surface area (Å²) in [6.07, 6.45) is 16.1. The van der Waals surface area contributed by atoms with Gasteiger partial charge in [0.2, 0.25) is 11.6 Å². The molecule has 0 bridgehead atoms. The number of carbonyl (C=O) groups excluding carboxylic acids is 1. The number of ether oxygens (including phenoxy) is 4. The number of benzene rings is 1. The molecule has 6 aromatic heterocycles. The van der Waals surface area contributed by atoms with Gasteiger partial charge in [-0.25, -0.2) is 29.3 Å². The minimum Gasteiger partial charge on any atom is -0.453 e. The Morgan fingerprint density at radius 3 is 2.41 bits per heavy atom. The van der Waals surface area contributed by atoms with E-state index in [0.29, 0.717) is 101 Å². The molecule has 1 aromatic carbocycles. The van der Waals surface area contributed by atoms with Crippen LogP contribution in [-0.2, 0) is 66.9 Å². The molecular weight excluding hydrogens is 955 g/mol. The van der Waals surface area contributed by atoms with Crippen molar-refractivity contribution in [3.63, 3.8) is 0 Å². The fourth-order valence-corrected chi connectivity index (χ4v) is 19.3. The number of fused-ring (bicyclic) bond motifs is 4. The summed E-state index contributed by atoms with van der Waals surface area (Å²) in [6, 6.07) is 12.2. The molecule has 3 atom stereocenters. The Morgan fingerprint density at radius 1 is 0.803 bits per heavy atom. The number of pyridine rings is 1. The Hall–Kier alpha value is -5.34. The van der Waals surface area contributed by atoms with Crippen molar-refractivity contribution in [3.05, 3.63) is 96.1 Å². The maximum Gasteiger partial charge on any atom is 0.221 e. The van der Waals surface area contributed by atoms with Crippen LogP contribution in [-0.4, -0.2) is 140 Å². The molecule has 1 fully saturated rings. The number of rotatable bonds is 26. The first-order valence-electron chi connectivity index (χ1n) is 24.6. The minimum atomic E-state index is -2.10. The topological polar surface area (TPSA) is 206 Å². The predicted molar refractivity (Wildman–Crippen MR) is 274 cm³/mol. The molecule has 1 amide bonds. The van der Waals surface area contributed by atoms with Crippen LogP contribution in [0.1, 0.15) is 42.3 Å². The van der Waals surface area contributed by atoms with Crippen LogP contribution < -0.4 is 5.32 Å². The number of carbonyl (C=O) groups is 1. The van der Waals surface area contributed by atoms with Crippen LogP contribution in [0.4, 0.5) is 0 Å². The number of aromatic nitrogens is 12. The molecule has 3 unspecified atom stereocenters. The lowest BCUT2D eigenvalue weighted by Gasteiger charge is -2.33. The van der Waals surface area contributed by atoms with E-state index in [1.807, 2.05) is 41.5 Å². The molecule has 2 aliphatic rings. The molecule has 0 radical (unpaired) electrons. The molecule has 1 N–H and O–H groups in total. The Morgan fingerprint density at radius 2 is 1.58 bits per heavy atom. The summed E-state index contributed by atoms with van der Waals surface area (Å²) >= 11 is 1.64. The fraction of sp³-hybridized carbons (Fsp3) is 0.510. The highest BCUT2D eigenvalue weighted by molar-refractivity contribution is 8.00. The van der Waals surface area contributed by atoms with E-state index in [4.69, 9.17) is 28.0 Å². The van der Waals surface area contributed by atoms with E-state index in [9.17, 15) is 4.79 Å².